The minimum absolute atomic E-state index is 0.309. The van der Waals surface area contributed by atoms with E-state index in [-0.39, 0.29) is 5.91 Å². The third-order valence-electron chi connectivity index (χ3n) is 5.25. The van der Waals surface area contributed by atoms with E-state index in [4.69, 9.17) is 9.47 Å². The number of ether oxygens (including phenoxy) is 2. The van der Waals surface area contributed by atoms with Crippen molar-refractivity contribution in [3.8, 4) is 11.5 Å². The Kier molecular flexibility index (Phi) is 7.75. The molecule has 0 saturated carbocycles. The molecule has 0 unspecified atom stereocenters. The second kappa shape index (κ2) is 11.5. The van der Waals surface area contributed by atoms with Crippen LogP contribution >= 0.6 is 0 Å². The van der Waals surface area contributed by atoms with Crippen molar-refractivity contribution in [2.24, 2.45) is 0 Å². The van der Waals surface area contributed by atoms with E-state index in [1.54, 1.807) is 20.3 Å². The van der Waals surface area contributed by atoms with Crippen LogP contribution in [0.5, 0.6) is 11.5 Å². The van der Waals surface area contributed by atoms with E-state index < -0.39 is 0 Å². The number of nitrogens with zero attached hydrogens (tertiary/aromatic N) is 3. The van der Waals surface area contributed by atoms with Crippen LogP contribution in [-0.2, 0) is 13.1 Å². The van der Waals surface area contributed by atoms with Crippen LogP contribution in [-0.4, -0.2) is 34.9 Å². The molecule has 0 radical (unpaired) electrons. The predicted molar refractivity (Wildman–Crippen MR) is 137 cm³/mol. The van der Waals surface area contributed by atoms with Crippen LogP contribution in [0.25, 0.3) is 6.08 Å². The smallest absolute Gasteiger partial charge is 0.274 e. The first-order valence-electron chi connectivity index (χ1n) is 11.1. The number of benzene rings is 3. The van der Waals surface area contributed by atoms with Crippen molar-refractivity contribution >= 4 is 23.9 Å². The van der Waals surface area contributed by atoms with E-state index >= 15 is 0 Å². The molecule has 1 aromatic heterocycles. The lowest BCUT2D eigenvalue weighted by atomic mass is 10.2. The first-order valence-corrected chi connectivity index (χ1v) is 11.1. The van der Waals surface area contributed by atoms with Gasteiger partial charge >= 0.3 is 0 Å². The van der Waals surface area contributed by atoms with Gasteiger partial charge in [-0.25, -0.2) is 0 Å². The molecule has 0 aliphatic heterocycles. The molecular weight excluding hydrogens is 442 g/mol. The number of carbonyl (C=O) groups excluding carboxylic acids is 1. The van der Waals surface area contributed by atoms with Crippen molar-refractivity contribution in [3.63, 3.8) is 0 Å². The summed E-state index contributed by atoms with van der Waals surface area (Å²) in [6, 6.07) is 25.0. The second-order valence-corrected chi connectivity index (χ2v) is 7.66. The molecule has 0 spiro atoms. The van der Waals surface area contributed by atoms with Crippen LogP contribution in [0.2, 0.25) is 0 Å². The lowest BCUT2D eigenvalue weighted by Gasteiger charge is -2.06. The Labute approximate surface area is 204 Å². The molecule has 0 bridgehead atoms. The molecule has 1 heterocycles. The average molecular weight is 470 g/mol. The molecule has 2 N–H and O–H groups in total. The van der Waals surface area contributed by atoms with Crippen molar-refractivity contribution in [2.75, 3.05) is 24.9 Å². The molecule has 0 amide bonds. The third-order valence-corrected chi connectivity index (χ3v) is 5.25. The van der Waals surface area contributed by atoms with Crippen molar-refractivity contribution in [1.29, 1.82) is 0 Å². The molecule has 0 saturated heterocycles. The number of nitrogens with one attached hydrogen (secondary N) is 2. The number of carbonyl (C=O) groups is 1. The molecule has 4 rings (SSSR count). The quantitative estimate of drug-likeness (QED) is 0.320. The Balaban J connectivity index is 1.50. The SMILES string of the molecule is COc1ccc(CNc2nc(NCc3ccc(OC)cc3)n(C(=O)C=Cc3ccccc3)n2)cc1. The number of methoxy groups -OCH3 is 2. The Hall–Kier alpha value is -4.59. The summed E-state index contributed by atoms with van der Waals surface area (Å²) in [5.41, 5.74) is 2.97. The van der Waals surface area contributed by atoms with Crippen molar-refractivity contribution in [3.05, 3.63) is 102 Å². The normalized spacial score (nSPS) is 10.8. The lowest BCUT2D eigenvalue weighted by Crippen LogP contribution is -2.14. The van der Waals surface area contributed by atoms with Crippen molar-refractivity contribution < 1.29 is 14.3 Å². The first kappa shape index (κ1) is 23.6. The Morgan fingerprint density at radius 1 is 0.829 bits per heavy atom. The molecule has 0 fully saturated rings. The minimum Gasteiger partial charge on any atom is -0.497 e. The maximum Gasteiger partial charge on any atom is 0.274 e. The van der Waals surface area contributed by atoms with E-state index in [2.05, 4.69) is 20.7 Å². The van der Waals surface area contributed by atoms with Crippen LogP contribution in [0.1, 0.15) is 21.5 Å². The number of rotatable bonds is 10. The van der Waals surface area contributed by atoms with Crippen LogP contribution in [0.4, 0.5) is 11.9 Å². The van der Waals surface area contributed by atoms with Gasteiger partial charge in [-0.05, 0) is 47.0 Å². The Morgan fingerprint density at radius 3 is 1.97 bits per heavy atom. The fourth-order valence-corrected chi connectivity index (χ4v) is 3.31. The van der Waals surface area contributed by atoms with Crippen molar-refractivity contribution in [2.45, 2.75) is 13.1 Å². The summed E-state index contributed by atoms with van der Waals surface area (Å²) in [6.45, 7) is 0.969. The summed E-state index contributed by atoms with van der Waals surface area (Å²) < 4.78 is 11.7. The number of hydrogen-bond donors (Lipinski definition) is 2. The lowest BCUT2D eigenvalue weighted by molar-refractivity contribution is 0.0957. The number of hydrogen-bond acceptors (Lipinski definition) is 7. The Morgan fingerprint density at radius 2 is 1.40 bits per heavy atom. The van der Waals surface area contributed by atoms with E-state index in [1.807, 2.05) is 78.9 Å². The molecule has 8 heteroatoms. The maximum atomic E-state index is 13.0. The number of aromatic nitrogens is 3. The van der Waals surface area contributed by atoms with Gasteiger partial charge < -0.3 is 20.1 Å². The Bertz CT molecular complexity index is 1270. The number of anilines is 2. The molecule has 4 aromatic rings. The summed E-state index contributed by atoms with van der Waals surface area (Å²) in [5, 5.41) is 10.8. The van der Waals surface area contributed by atoms with E-state index in [9.17, 15) is 4.79 Å². The predicted octanol–water partition coefficient (Wildman–Crippen LogP) is 4.87. The molecule has 0 aliphatic rings. The highest BCUT2D eigenvalue weighted by atomic mass is 16.5. The highest BCUT2D eigenvalue weighted by Gasteiger charge is 2.14. The maximum absolute atomic E-state index is 13.0. The largest absolute Gasteiger partial charge is 0.497 e. The van der Waals surface area contributed by atoms with Gasteiger partial charge in [0.1, 0.15) is 11.5 Å². The van der Waals surface area contributed by atoms with Gasteiger partial charge in [0.2, 0.25) is 11.9 Å². The molecule has 178 valence electrons. The third kappa shape index (κ3) is 6.48. The van der Waals surface area contributed by atoms with E-state index in [1.165, 1.54) is 10.8 Å². The van der Waals surface area contributed by atoms with Crippen molar-refractivity contribution in [1.82, 2.24) is 14.8 Å². The first-order chi connectivity index (χ1) is 17.1. The topological polar surface area (TPSA) is 90.3 Å². The second-order valence-electron chi connectivity index (χ2n) is 7.66. The van der Waals surface area contributed by atoms with Gasteiger partial charge in [0.25, 0.3) is 5.91 Å². The van der Waals surface area contributed by atoms with E-state index in [0.29, 0.717) is 25.0 Å². The van der Waals surface area contributed by atoms with E-state index in [0.717, 1.165) is 28.2 Å². The van der Waals surface area contributed by atoms with Gasteiger partial charge in [0.05, 0.1) is 14.2 Å². The average Bonchev–Trinajstić information content (AvgIpc) is 3.33. The summed E-state index contributed by atoms with van der Waals surface area (Å²) in [5.74, 6) is 1.96. The fraction of sp³-hybridized carbons (Fsp3) is 0.148. The zero-order valence-corrected chi connectivity index (χ0v) is 19.6. The molecule has 3 aromatic carbocycles. The molecule has 0 atom stereocenters. The summed E-state index contributed by atoms with van der Waals surface area (Å²) in [6.07, 6.45) is 3.23. The van der Waals surface area contributed by atoms with Gasteiger partial charge in [0, 0.05) is 19.2 Å². The molecule has 35 heavy (non-hydrogen) atoms. The zero-order chi connectivity index (χ0) is 24.5. The minimum atomic E-state index is -0.309. The van der Waals surface area contributed by atoms with Gasteiger partial charge in [0.15, 0.2) is 0 Å². The van der Waals surface area contributed by atoms with Crippen LogP contribution < -0.4 is 20.1 Å². The fourth-order valence-electron chi connectivity index (χ4n) is 3.31. The van der Waals surface area contributed by atoms with Crippen LogP contribution in [0, 0.1) is 0 Å². The molecule has 8 nitrogen and oxygen atoms in total. The van der Waals surface area contributed by atoms with Gasteiger partial charge in [-0.3, -0.25) is 4.79 Å². The monoisotopic (exact) mass is 469 g/mol. The summed E-state index contributed by atoms with van der Waals surface area (Å²) >= 11 is 0. The molecule has 0 aliphatic carbocycles. The van der Waals surface area contributed by atoms with Gasteiger partial charge in [-0.1, -0.05) is 54.6 Å². The van der Waals surface area contributed by atoms with Crippen LogP contribution in [0.15, 0.2) is 84.9 Å². The highest BCUT2D eigenvalue weighted by Crippen LogP contribution is 2.16. The van der Waals surface area contributed by atoms with Gasteiger partial charge in [-0.15, -0.1) is 5.10 Å². The summed E-state index contributed by atoms with van der Waals surface area (Å²) in [7, 11) is 3.26. The van der Waals surface area contributed by atoms with Crippen LogP contribution in [0.3, 0.4) is 0 Å². The van der Waals surface area contributed by atoms with Gasteiger partial charge in [-0.2, -0.15) is 9.67 Å². The number of allylic oxidation sites excluding steroid dienone is 1. The highest BCUT2D eigenvalue weighted by molar-refractivity contribution is 5.94. The molecular formula is C27H27N5O3. The standard InChI is InChI=1S/C27H27N5O3/c1-34-23-13-8-21(9-14-23)18-28-26-30-27(29-19-22-10-15-24(35-2)16-11-22)32(31-26)25(33)17-12-20-6-4-3-5-7-20/h3-17H,18-19H2,1-2H3,(H2,28,29,30,31). The zero-order valence-electron chi connectivity index (χ0n) is 19.6. The summed E-state index contributed by atoms with van der Waals surface area (Å²) in [4.78, 5) is 17.5.